The standard InChI is InChI=1S/C12H22N2O4S/c1-3-5-6(15)10-9(17)8(16)7-11(18-10)19-12(14-7)13-4-2/h6-11,15-17H,3-5H2,1-2H3,(H,13,14). The molecule has 6 atom stereocenters. The first kappa shape index (κ1) is 15.1. The molecule has 0 aromatic rings. The minimum atomic E-state index is -1.09. The number of aliphatic hydroxyl groups excluding tert-OH is 3. The molecule has 0 aliphatic carbocycles. The molecule has 4 N–H and O–H groups in total. The summed E-state index contributed by atoms with van der Waals surface area (Å²) in [5, 5.41) is 34.0. The van der Waals surface area contributed by atoms with Gasteiger partial charge in [-0.05, 0) is 13.3 Å². The molecule has 2 rings (SSSR count). The van der Waals surface area contributed by atoms with Crippen LogP contribution in [0.25, 0.3) is 0 Å². The second-order valence-corrected chi connectivity index (χ2v) is 5.96. The monoisotopic (exact) mass is 290 g/mol. The van der Waals surface area contributed by atoms with Crippen molar-refractivity contribution in [1.29, 1.82) is 0 Å². The summed E-state index contributed by atoms with van der Waals surface area (Å²) < 4.78 is 5.74. The quantitative estimate of drug-likeness (QED) is 0.567. The van der Waals surface area contributed by atoms with Gasteiger partial charge in [-0.1, -0.05) is 25.1 Å². The van der Waals surface area contributed by atoms with Crippen LogP contribution in [-0.2, 0) is 4.74 Å². The van der Waals surface area contributed by atoms with Crippen LogP contribution < -0.4 is 5.32 Å². The van der Waals surface area contributed by atoms with E-state index < -0.39 is 24.4 Å². The Morgan fingerprint density at radius 2 is 2.11 bits per heavy atom. The third-order valence-corrected chi connectivity index (χ3v) is 4.53. The van der Waals surface area contributed by atoms with Gasteiger partial charge in [0.1, 0.15) is 23.7 Å². The highest BCUT2D eigenvalue weighted by Gasteiger charge is 2.50. The molecule has 6 nitrogen and oxygen atoms in total. The third kappa shape index (κ3) is 3.05. The third-order valence-electron chi connectivity index (χ3n) is 3.42. The number of aliphatic hydroxyl groups is 3. The summed E-state index contributed by atoms with van der Waals surface area (Å²) in [6.07, 6.45) is -2.22. The summed E-state index contributed by atoms with van der Waals surface area (Å²) in [5.41, 5.74) is -0.319. The Morgan fingerprint density at radius 1 is 1.37 bits per heavy atom. The predicted octanol–water partition coefficient (Wildman–Crippen LogP) is -0.325. The van der Waals surface area contributed by atoms with Crippen molar-refractivity contribution in [1.82, 2.24) is 5.32 Å². The number of hydrogen-bond acceptors (Lipinski definition) is 6. The maximum Gasteiger partial charge on any atom is 0.159 e. The molecule has 2 heterocycles. The zero-order valence-corrected chi connectivity index (χ0v) is 12.0. The van der Waals surface area contributed by atoms with Crippen molar-refractivity contribution in [3.63, 3.8) is 0 Å². The van der Waals surface area contributed by atoms with Gasteiger partial charge in [-0.3, -0.25) is 4.99 Å². The first-order valence-corrected chi connectivity index (χ1v) is 7.63. The second kappa shape index (κ2) is 6.41. The van der Waals surface area contributed by atoms with E-state index in [0.29, 0.717) is 13.0 Å². The molecule has 7 heteroatoms. The van der Waals surface area contributed by atoms with Crippen LogP contribution in [0.4, 0.5) is 0 Å². The molecule has 0 spiro atoms. The lowest BCUT2D eigenvalue weighted by molar-refractivity contribution is -0.188. The van der Waals surface area contributed by atoms with E-state index in [1.54, 1.807) is 0 Å². The maximum atomic E-state index is 10.1. The van der Waals surface area contributed by atoms with Gasteiger partial charge in [0, 0.05) is 6.54 Å². The first-order chi connectivity index (χ1) is 9.08. The number of nitrogens with one attached hydrogen (secondary N) is 1. The minimum Gasteiger partial charge on any atom is -0.390 e. The Labute approximate surface area is 117 Å². The highest BCUT2D eigenvalue weighted by atomic mass is 32.2. The normalized spacial score (nSPS) is 41.9. The van der Waals surface area contributed by atoms with Gasteiger partial charge in [0.25, 0.3) is 0 Å². The summed E-state index contributed by atoms with van der Waals surface area (Å²) in [6, 6.07) is -0.379. The fraction of sp³-hybridized carbons (Fsp3) is 0.917. The average Bonchev–Trinajstić information content (AvgIpc) is 2.77. The van der Waals surface area contributed by atoms with Crippen LogP contribution in [0.5, 0.6) is 0 Å². The van der Waals surface area contributed by atoms with Crippen molar-refractivity contribution >= 4 is 16.9 Å². The number of nitrogens with zero attached hydrogens (tertiary/aromatic N) is 1. The molecule has 19 heavy (non-hydrogen) atoms. The Kier molecular flexibility index (Phi) is 5.08. The van der Waals surface area contributed by atoms with Gasteiger partial charge in [0.15, 0.2) is 5.17 Å². The number of ether oxygens (including phenoxy) is 1. The number of amidine groups is 1. The van der Waals surface area contributed by atoms with Gasteiger partial charge in [-0.15, -0.1) is 0 Å². The Bertz CT molecular complexity index is 342. The Balaban J connectivity index is 2.08. The highest BCUT2D eigenvalue weighted by Crippen LogP contribution is 2.35. The van der Waals surface area contributed by atoms with Crippen LogP contribution >= 0.6 is 11.8 Å². The van der Waals surface area contributed by atoms with Crippen molar-refractivity contribution in [2.45, 2.75) is 62.6 Å². The molecule has 2 aliphatic heterocycles. The number of rotatable bonds is 4. The van der Waals surface area contributed by atoms with E-state index in [4.69, 9.17) is 4.74 Å². The second-order valence-electron chi connectivity index (χ2n) is 4.87. The highest BCUT2D eigenvalue weighted by molar-refractivity contribution is 8.14. The van der Waals surface area contributed by atoms with Crippen molar-refractivity contribution in [3.8, 4) is 0 Å². The topological polar surface area (TPSA) is 94.3 Å². The van der Waals surface area contributed by atoms with Crippen LogP contribution in [-0.4, -0.2) is 62.9 Å². The van der Waals surface area contributed by atoms with Crippen molar-refractivity contribution in [3.05, 3.63) is 0 Å². The van der Waals surface area contributed by atoms with Crippen molar-refractivity contribution in [2.75, 3.05) is 6.54 Å². The molecule has 2 aliphatic rings. The number of aliphatic imine (C=N–C) groups is 1. The van der Waals surface area contributed by atoms with E-state index in [1.807, 2.05) is 13.8 Å². The largest absolute Gasteiger partial charge is 0.390 e. The number of fused-ring (bicyclic) bond motifs is 1. The zero-order chi connectivity index (χ0) is 14.0. The lowest BCUT2D eigenvalue weighted by atomic mass is 9.93. The molecule has 0 amide bonds. The zero-order valence-electron chi connectivity index (χ0n) is 11.2. The molecular weight excluding hydrogens is 268 g/mol. The molecule has 6 unspecified atom stereocenters. The van der Waals surface area contributed by atoms with E-state index >= 15 is 0 Å². The van der Waals surface area contributed by atoms with E-state index in [0.717, 1.165) is 11.6 Å². The van der Waals surface area contributed by atoms with Crippen LogP contribution in [0.3, 0.4) is 0 Å². The van der Waals surface area contributed by atoms with Gasteiger partial charge in [0.05, 0.1) is 12.1 Å². The van der Waals surface area contributed by atoms with Gasteiger partial charge in [-0.25, -0.2) is 0 Å². The lowest BCUT2D eigenvalue weighted by Gasteiger charge is -2.40. The molecule has 2 fully saturated rings. The smallest absolute Gasteiger partial charge is 0.159 e. The number of hydrogen-bond donors (Lipinski definition) is 4. The molecule has 0 bridgehead atoms. The molecule has 2 saturated heterocycles. The summed E-state index contributed by atoms with van der Waals surface area (Å²) >= 11 is 1.40. The summed E-state index contributed by atoms with van der Waals surface area (Å²) in [7, 11) is 0. The van der Waals surface area contributed by atoms with E-state index in [1.165, 1.54) is 11.8 Å². The van der Waals surface area contributed by atoms with Crippen LogP contribution in [0, 0.1) is 0 Å². The Hall–Kier alpha value is -0.340. The summed E-state index contributed by atoms with van der Waals surface area (Å²) in [6.45, 7) is 4.53. The molecule has 0 aromatic heterocycles. The minimum absolute atomic E-state index is 0.319. The Morgan fingerprint density at radius 3 is 2.74 bits per heavy atom. The average molecular weight is 290 g/mol. The molecular formula is C12H22N2O4S. The van der Waals surface area contributed by atoms with Gasteiger partial charge in [0.2, 0.25) is 0 Å². The molecule has 0 aromatic carbocycles. The van der Waals surface area contributed by atoms with Gasteiger partial charge < -0.3 is 25.4 Å². The van der Waals surface area contributed by atoms with Crippen molar-refractivity contribution < 1.29 is 20.1 Å². The first-order valence-electron chi connectivity index (χ1n) is 6.75. The van der Waals surface area contributed by atoms with E-state index in [-0.39, 0.29) is 11.5 Å². The van der Waals surface area contributed by atoms with Gasteiger partial charge >= 0.3 is 0 Å². The molecule has 0 radical (unpaired) electrons. The number of thioether (sulfide) groups is 1. The maximum absolute atomic E-state index is 10.1. The van der Waals surface area contributed by atoms with Crippen molar-refractivity contribution in [2.24, 2.45) is 4.99 Å². The van der Waals surface area contributed by atoms with Crippen LogP contribution in [0.1, 0.15) is 26.7 Å². The molecule has 110 valence electrons. The molecule has 0 saturated carbocycles. The predicted molar refractivity (Wildman–Crippen MR) is 74.1 cm³/mol. The fourth-order valence-corrected chi connectivity index (χ4v) is 3.62. The van der Waals surface area contributed by atoms with Crippen LogP contribution in [0.2, 0.25) is 0 Å². The van der Waals surface area contributed by atoms with E-state index in [2.05, 4.69) is 10.3 Å². The fourth-order valence-electron chi connectivity index (χ4n) is 2.43. The van der Waals surface area contributed by atoms with Crippen LogP contribution in [0.15, 0.2) is 4.99 Å². The van der Waals surface area contributed by atoms with E-state index in [9.17, 15) is 15.3 Å². The lowest BCUT2D eigenvalue weighted by Crippen LogP contribution is -2.61. The SMILES string of the molecule is CCCC(O)C1OC2SC(=NCC)NC2C(O)C1O. The summed E-state index contributed by atoms with van der Waals surface area (Å²) in [4.78, 5) is 4.25. The summed E-state index contributed by atoms with van der Waals surface area (Å²) in [5.74, 6) is 0. The van der Waals surface area contributed by atoms with Gasteiger partial charge in [-0.2, -0.15) is 0 Å².